The minimum Gasteiger partial charge on any atom is -0.451 e. The fraction of sp³-hybridized carbons (Fsp3) is 0.667. The Kier molecular flexibility index (Phi) is 3.79. The lowest BCUT2D eigenvalue weighted by molar-refractivity contribution is -0.0537. The van der Waals surface area contributed by atoms with Crippen molar-refractivity contribution in [2.75, 3.05) is 19.8 Å². The minimum atomic E-state index is -3.97. The topological polar surface area (TPSA) is 100 Å². The van der Waals surface area contributed by atoms with Gasteiger partial charge in [0.05, 0.1) is 17.9 Å². The van der Waals surface area contributed by atoms with Crippen LogP contribution in [0.3, 0.4) is 0 Å². The molecular formula is C12H16ClNO6S. The number of aliphatic hydroxyl groups is 2. The van der Waals surface area contributed by atoms with Crippen molar-refractivity contribution in [1.82, 2.24) is 4.31 Å². The minimum absolute atomic E-state index is 0.156. The highest BCUT2D eigenvalue weighted by Crippen LogP contribution is 2.42. The number of rotatable bonds is 2. The van der Waals surface area contributed by atoms with E-state index in [-0.39, 0.29) is 16.7 Å². The van der Waals surface area contributed by atoms with E-state index in [0.717, 1.165) is 4.31 Å². The van der Waals surface area contributed by atoms with Crippen molar-refractivity contribution in [2.24, 2.45) is 0 Å². The number of nitrogens with zero attached hydrogens (tertiary/aromatic N) is 1. The van der Waals surface area contributed by atoms with Gasteiger partial charge in [-0.2, -0.15) is 4.31 Å². The summed E-state index contributed by atoms with van der Waals surface area (Å²) in [5.74, 6) is 0. The van der Waals surface area contributed by atoms with Crippen LogP contribution in [0.2, 0.25) is 5.22 Å². The van der Waals surface area contributed by atoms with Gasteiger partial charge in [0.1, 0.15) is 11.0 Å². The molecule has 2 fully saturated rings. The Morgan fingerprint density at radius 3 is 2.57 bits per heavy atom. The number of β-amino-alcohol motifs (C(OH)–C–C–N with tert-alkyl or cyclic N) is 1. The van der Waals surface area contributed by atoms with E-state index >= 15 is 0 Å². The predicted octanol–water partition coefficient (Wildman–Crippen LogP) is 0.208. The number of halogens is 1. The zero-order valence-corrected chi connectivity index (χ0v) is 12.7. The highest BCUT2D eigenvalue weighted by molar-refractivity contribution is 7.89. The van der Waals surface area contributed by atoms with Crippen LogP contribution in [-0.4, -0.2) is 60.4 Å². The van der Waals surface area contributed by atoms with Crippen LogP contribution < -0.4 is 0 Å². The molecule has 21 heavy (non-hydrogen) atoms. The van der Waals surface area contributed by atoms with E-state index in [1.807, 2.05) is 0 Å². The summed E-state index contributed by atoms with van der Waals surface area (Å²) in [7, 11) is -3.97. The maximum Gasteiger partial charge on any atom is 0.248 e. The molecule has 2 aliphatic heterocycles. The first-order valence-electron chi connectivity index (χ1n) is 6.59. The summed E-state index contributed by atoms with van der Waals surface area (Å²) in [6.45, 7) is 0.481. The number of ether oxygens (including phenoxy) is 1. The van der Waals surface area contributed by atoms with E-state index in [1.54, 1.807) is 0 Å². The first-order chi connectivity index (χ1) is 9.89. The molecule has 118 valence electrons. The van der Waals surface area contributed by atoms with Crippen LogP contribution in [0.4, 0.5) is 0 Å². The average Bonchev–Trinajstić information content (AvgIpc) is 2.99. The molecule has 2 atom stereocenters. The van der Waals surface area contributed by atoms with Gasteiger partial charge < -0.3 is 19.4 Å². The highest BCUT2D eigenvalue weighted by Gasteiger charge is 2.58. The average molecular weight is 338 g/mol. The SMILES string of the molecule is O=S(=O)(c1ccoc1Cl)N1C[C@@H](O)[C@@H](O)C12CCOCC2. The summed E-state index contributed by atoms with van der Waals surface area (Å²) in [5.41, 5.74) is -1.06. The molecule has 2 N–H and O–H groups in total. The lowest BCUT2D eigenvalue weighted by Crippen LogP contribution is -2.56. The van der Waals surface area contributed by atoms with Crippen molar-refractivity contribution in [2.45, 2.75) is 35.5 Å². The third-order valence-corrected chi connectivity index (χ3v) is 6.65. The summed E-state index contributed by atoms with van der Waals surface area (Å²) in [6.07, 6.45) is -0.459. The quantitative estimate of drug-likeness (QED) is 0.800. The molecule has 0 radical (unpaired) electrons. The second-order valence-corrected chi connectivity index (χ2v) is 7.50. The van der Waals surface area contributed by atoms with Crippen molar-refractivity contribution >= 4 is 21.6 Å². The Bertz CT molecular complexity index is 623. The third kappa shape index (κ3) is 2.21. The van der Waals surface area contributed by atoms with Crippen molar-refractivity contribution in [1.29, 1.82) is 0 Å². The maximum absolute atomic E-state index is 12.8. The van der Waals surface area contributed by atoms with Gasteiger partial charge in [0, 0.05) is 19.8 Å². The van der Waals surface area contributed by atoms with E-state index < -0.39 is 27.8 Å². The van der Waals surface area contributed by atoms with Gasteiger partial charge in [-0.15, -0.1) is 0 Å². The molecule has 2 saturated heterocycles. The molecule has 0 saturated carbocycles. The number of hydrogen-bond acceptors (Lipinski definition) is 6. The largest absolute Gasteiger partial charge is 0.451 e. The van der Waals surface area contributed by atoms with Crippen molar-refractivity contribution in [3.8, 4) is 0 Å². The lowest BCUT2D eigenvalue weighted by atomic mass is 9.85. The number of aliphatic hydroxyl groups excluding tert-OH is 2. The summed E-state index contributed by atoms with van der Waals surface area (Å²) in [5, 5.41) is 20.0. The monoisotopic (exact) mass is 337 g/mol. The van der Waals surface area contributed by atoms with Crippen LogP contribution in [0.15, 0.2) is 21.6 Å². The first-order valence-corrected chi connectivity index (χ1v) is 8.41. The lowest BCUT2D eigenvalue weighted by Gasteiger charge is -2.42. The first kappa shape index (κ1) is 15.3. The van der Waals surface area contributed by atoms with Crippen molar-refractivity contribution in [3.63, 3.8) is 0 Å². The van der Waals surface area contributed by atoms with Gasteiger partial charge in [0.15, 0.2) is 0 Å². The molecule has 3 rings (SSSR count). The standard InChI is InChI=1S/C12H16ClNO6S/c13-11-9(1-4-20-11)21(17,18)14-7-8(15)10(16)12(14)2-5-19-6-3-12/h1,4,8,10,15-16H,2-3,5-7H2/t8-,10-/m1/s1. The number of hydrogen-bond donors (Lipinski definition) is 2. The van der Waals surface area contributed by atoms with Gasteiger partial charge in [-0.05, 0) is 30.5 Å². The second kappa shape index (κ2) is 5.22. The van der Waals surface area contributed by atoms with Crippen LogP contribution in [0, 0.1) is 0 Å². The molecule has 0 bridgehead atoms. The fourth-order valence-corrected chi connectivity index (χ4v) is 5.39. The number of furan rings is 1. The van der Waals surface area contributed by atoms with E-state index in [0.29, 0.717) is 26.1 Å². The van der Waals surface area contributed by atoms with E-state index in [2.05, 4.69) is 0 Å². The Balaban J connectivity index is 2.06. The summed E-state index contributed by atoms with van der Waals surface area (Å²) in [4.78, 5) is -0.156. The molecule has 0 amide bonds. The Morgan fingerprint density at radius 1 is 1.33 bits per heavy atom. The van der Waals surface area contributed by atoms with Crippen LogP contribution >= 0.6 is 11.6 Å². The third-order valence-electron chi connectivity index (χ3n) is 4.28. The van der Waals surface area contributed by atoms with Crippen molar-refractivity contribution in [3.05, 3.63) is 17.5 Å². The Hall–Kier alpha value is -0.640. The van der Waals surface area contributed by atoms with E-state index in [4.69, 9.17) is 20.8 Å². The van der Waals surface area contributed by atoms with Gasteiger partial charge in [0.25, 0.3) is 0 Å². The van der Waals surface area contributed by atoms with Crippen molar-refractivity contribution < 1.29 is 27.8 Å². The highest BCUT2D eigenvalue weighted by atomic mass is 35.5. The van der Waals surface area contributed by atoms with E-state index in [1.165, 1.54) is 12.3 Å². The summed E-state index contributed by atoms with van der Waals surface area (Å²) < 4.78 is 36.9. The predicted molar refractivity (Wildman–Crippen MR) is 72.4 cm³/mol. The maximum atomic E-state index is 12.8. The Morgan fingerprint density at radius 2 is 2.00 bits per heavy atom. The van der Waals surface area contributed by atoms with Gasteiger partial charge in [-0.25, -0.2) is 8.42 Å². The summed E-state index contributed by atoms with van der Waals surface area (Å²) in [6, 6.07) is 1.27. The number of sulfonamides is 1. The summed E-state index contributed by atoms with van der Waals surface area (Å²) >= 11 is 5.78. The molecular weight excluding hydrogens is 322 g/mol. The van der Waals surface area contributed by atoms with Gasteiger partial charge >= 0.3 is 0 Å². The zero-order chi connectivity index (χ0) is 15.3. The van der Waals surface area contributed by atoms with Crippen LogP contribution in [0.25, 0.3) is 0 Å². The molecule has 1 aromatic heterocycles. The van der Waals surface area contributed by atoms with Gasteiger partial charge in [0.2, 0.25) is 15.2 Å². The van der Waals surface area contributed by atoms with Crippen LogP contribution in [0.5, 0.6) is 0 Å². The van der Waals surface area contributed by atoms with E-state index in [9.17, 15) is 18.6 Å². The smallest absolute Gasteiger partial charge is 0.248 e. The van der Waals surface area contributed by atoms with Crippen LogP contribution in [0.1, 0.15) is 12.8 Å². The molecule has 0 aromatic carbocycles. The molecule has 1 spiro atoms. The van der Waals surface area contributed by atoms with Gasteiger partial charge in [-0.3, -0.25) is 0 Å². The zero-order valence-electron chi connectivity index (χ0n) is 11.1. The molecule has 2 aliphatic rings. The second-order valence-electron chi connectivity index (χ2n) is 5.32. The van der Waals surface area contributed by atoms with Gasteiger partial charge in [-0.1, -0.05) is 0 Å². The molecule has 0 unspecified atom stereocenters. The molecule has 9 heteroatoms. The fourth-order valence-electron chi connectivity index (χ4n) is 3.15. The molecule has 3 heterocycles. The molecule has 1 aromatic rings. The molecule has 7 nitrogen and oxygen atoms in total. The molecule has 0 aliphatic carbocycles. The Labute approximate surface area is 127 Å². The normalized spacial score (nSPS) is 30.0. The van der Waals surface area contributed by atoms with Crippen LogP contribution in [-0.2, 0) is 14.8 Å².